The molecule has 0 fully saturated rings. The summed E-state index contributed by atoms with van der Waals surface area (Å²) in [6, 6.07) is 10.3. The number of fused-ring (bicyclic) bond motifs is 2. The van der Waals surface area contributed by atoms with Crippen LogP contribution in [0.1, 0.15) is 18.5 Å². The number of benzene rings is 1. The van der Waals surface area contributed by atoms with Crippen molar-refractivity contribution in [3.8, 4) is 11.1 Å². The zero-order valence-corrected chi connectivity index (χ0v) is 14.8. The molecule has 1 aromatic carbocycles. The number of hydrogen-bond acceptors (Lipinski definition) is 4. The number of rotatable bonds is 5. The predicted octanol–water partition coefficient (Wildman–Crippen LogP) is 4.50. The first kappa shape index (κ1) is 16.3. The second kappa shape index (κ2) is 6.59. The summed E-state index contributed by atoms with van der Waals surface area (Å²) in [7, 11) is 0. The minimum Gasteiger partial charge on any atom is -0.383 e. The van der Waals surface area contributed by atoms with Gasteiger partial charge in [0.05, 0.1) is 10.9 Å². The van der Waals surface area contributed by atoms with Gasteiger partial charge in [0.15, 0.2) is 0 Å². The number of nitrogen functional groups attached to an aromatic ring is 1. The predicted molar refractivity (Wildman–Crippen MR) is 107 cm³/mol. The van der Waals surface area contributed by atoms with Gasteiger partial charge in [0.2, 0.25) is 0 Å². The average Bonchev–Trinajstić information content (AvgIpc) is 2.95. The zero-order chi connectivity index (χ0) is 18.1. The Kier molecular flexibility index (Phi) is 4.13. The highest BCUT2D eigenvalue weighted by Crippen LogP contribution is 2.37. The number of nitrogens with zero attached hydrogens (tertiary/aromatic N) is 4. The van der Waals surface area contributed by atoms with Gasteiger partial charge in [-0.25, -0.2) is 9.97 Å². The first-order chi connectivity index (χ1) is 12.7. The molecule has 0 aliphatic rings. The van der Waals surface area contributed by atoms with Crippen LogP contribution in [0.25, 0.3) is 33.1 Å². The molecule has 0 bridgehead atoms. The van der Waals surface area contributed by atoms with Gasteiger partial charge in [-0.05, 0) is 31.9 Å². The highest BCUT2D eigenvalue weighted by molar-refractivity contribution is 6.03. The second-order valence-corrected chi connectivity index (χ2v) is 6.42. The van der Waals surface area contributed by atoms with Crippen molar-refractivity contribution in [3.63, 3.8) is 0 Å². The Bertz CT molecular complexity index is 1110. The van der Waals surface area contributed by atoms with Crippen LogP contribution in [-0.2, 0) is 6.54 Å². The smallest absolute Gasteiger partial charge is 0.146 e. The van der Waals surface area contributed by atoms with Crippen LogP contribution < -0.4 is 5.73 Å². The van der Waals surface area contributed by atoms with E-state index in [-0.39, 0.29) is 0 Å². The lowest BCUT2D eigenvalue weighted by Gasteiger charge is -2.08. The van der Waals surface area contributed by atoms with E-state index in [0.717, 1.165) is 58.1 Å². The van der Waals surface area contributed by atoms with E-state index in [4.69, 9.17) is 5.73 Å². The third-order valence-corrected chi connectivity index (χ3v) is 4.80. The van der Waals surface area contributed by atoms with Gasteiger partial charge in [-0.15, -0.1) is 6.58 Å². The van der Waals surface area contributed by atoms with Crippen molar-refractivity contribution in [2.24, 2.45) is 0 Å². The van der Waals surface area contributed by atoms with Crippen molar-refractivity contribution < 1.29 is 0 Å². The Morgan fingerprint density at radius 1 is 1.19 bits per heavy atom. The van der Waals surface area contributed by atoms with Crippen LogP contribution in [0.2, 0.25) is 0 Å². The lowest BCUT2D eigenvalue weighted by atomic mass is 10.0. The van der Waals surface area contributed by atoms with Gasteiger partial charge in [0.1, 0.15) is 17.8 Å². The quantitative estimate of drug-likeness (QED) is 0.428. The molecule has 0 unspecified atom stereocenters. The van der Waals surface area contributed by atoms with Gasteiger partial charge in [0, 0.05) is 34.9 Å². The first-order valence-corrected chi connectivity index (χ1v) is 8.76. The van der Waals surface area contributed by atoms with E-state index in [1.807, 2.05) is 30.5 Å². The molecule has 0 saturated carbocycles. The molecule has 0 aliphatic carbocycles. The molecule has 4 rings (SSSR count). The molecule has 0 aliphatic heterocycles. The molecule has 4 aromatic rings. The van der Waals surface area contributed by atoms with Crippen molar-refractivity contribution in [1.82, 2.24) is 19.5 Å². The molecule has 5 heteroatoms. The summed E-state index contributed by atoms with van der Waals surface area (Å²) in [5, 5.41) is 2.01. The number of pyridine rings is 1. The first-order valence-electron chi connectivity index (χ1n) is 8.76. The van der Waals surface area contributed by atoms with Crippen molar-refractivity contribution >= 4 is 27.8 Å². The zero-order valence-electron chi connectivity index (χ0n) is 14.8. The molecule has 0 saturated heterocycles. The van der Waals surface area contributed by atoms with E-state index in [0.29, 0.717) is 5.82 Å². The van der Waals surface area contributed by atoms with Gasteiger partial charge in [-0.2, -0.15) is 0 Å². The Labute approximate surface area is 152 Å². The fraction of sp³-hybridized carbons (Fsp3) is 0.190. The summed E-state index contributed by atoms with van der Waals surface area (Å²) in [6.07, 6.45) is 7.35. The molecule has 2 N–H and O–H groups in total. The van der Waals surface area contributed by atoms with Crippen molar-refractivity contribution in [3.05, 3.63) is 61.2 Å². The van der Waals surface area contributed by atoms with Gasteiger partial charge in [0.25, 0.3) is 0 Å². The fourth-order valence-corrected chi connectivity index (χ4v) is 3.54. The van der Waals surface area contributed by atoms with Gasteiger partial charge < -0.3 is 10.3 Å². The summed E-state index contributed by atoms with van der Waals surface area (Å²) < 4.78 is 2.22. The summed E-state index contributed by atoms with van der Waals surface area (Å²) in [5.41, 5.74) is 11.3. The Balaban J connectivity index is 1.95. The number of aromatic nitrogens is 4. The number of hydrogen-bond donors (Lipinski definition) is 1. The van der Waals surface area contributed by atoms with Crippen LogP contribution in [0.4, 0.5) is 5.82 Å². The molecule has 0 spiro atoms. The molecule has 0 atom stereocenters. The van der Waals surface area contributed by atoms with Crippen molar-refractivity contribution in [1.29, 1.82) is 0 Å². The van der Waals surface area contributed by atoms with Crippen molar-refractivity contribution in [2.75, 3.05) is 5.73 Å². The number of nitrogens with two attached hydrogens (primary N) is 1. The molecule has 3 heterocycles. The lowest BCUT2D eigenvalue weighted by Crippen LogP contribution is -2.02. The number of aryl methyl sites for hydroxylation is 1. The minimum absolute atomic E-state index is 0.503. The lowest BCUT2D eigenvalue weighted by molar-refractivity contribution is 0.652. The summed E-state index contributed by atoms with van der Waals surface area (Å²) >= 11 is 0. The van der Waals surface area contributed by atoms with E-state index in [2.05, 4.69) is 45.2 Å². The molecular weight excluding hydrogens is 322 g/mol. The number of para-hydroxylation sites is 1. The monoisotopic (exact) mass is 343 g/mol. The molecule has 0 radical (unpaired) electrons. The molecule has 0 amide bonds. The van der Waals surface area contributed by atoms with E-state index >= 15 is 0 Å². The van der Waals surface area contributed by atoms with E-state index in [9.17, 15) is 0 Å². The maximum Gasteiger partial charge on any atom is 0.146 e. The maximum atomic E-state index is 6.24. The van der Waals surface area contributed by atoms with Crippen LogP contribution >= 0.6 is 0 Å². The number of anilines is 1. The molecular formula is C21H21N5. The highest BCUT2D eigenvalue weighted by atomic mass is 15.1. The van der Waals surface area contributed by atoms with Gasteiger partial charge >= 0.3 is 0 Å². The minimum atomic E-state index is 0.503. The molecule has 5 nitrogen and oxygen atoms in total. The van der Waals surface area contributed by atoms with Gasteiger partial charge in [-0.1, -0.05) is 24.3 Å². The van der Waals surface area contributed by atoms with Crippen LogP contribution in [0.3, 0.4) is 0 Å². The maximum absolute atomic E-state index is 6.24. The van der Waals surface area contributed by atoms with E-state index < -0.39 is 0 Å². The normalized spacial score (nSPS) is 11.3. The third-order valence-electron chi connectivity index (χ3n) is 4.80. The second-order valence-electron chi connectivity index (χ2n) is 6.42. The van der Waals surface area contributed by atoms with Gasteiger partial charge in [-0.3, -0.25) is 4.98 Å². The number of unbranched alkanes of at least 4 members (excludes halogenated alkanes) is 1. The Hall–Kier alpha value is -3.21. The van der Waals surface area contributed by atoms with Crippen LogP contribution in [0, 0.1) is 6.92 Å². The third kappa shape index (κ3) is 2.62. The van der Waals surface area contributed by atoms with Crippen molar-refractivity contribution in [2.45, 2.75) is 26.3 Å². The fourth-order valence-electron chi connectivity index (χ4n) is 3.54. The SMILES string of the molecule is C=CCCCn1c(C)c(-c2cnc3ccccc3c2)c2c(N)ncnc21. The van der Waals surface area contributed by atoms with Crippen LogP contribution in [0.5, 0.6) is 0 Å². The summed E-state index contributed by atoms with van der Waals surface area (Å²) in [5.74, 6) is 0.503. The van der Waals surface area contributed by atoms with E-state index in [1.165, 1.54) is 6.33 Å². The number of allylic oxidation sites excluding steroid dienone is 1. The molecule has 26 heavy (non-hydrogen) atoms. The Morgan fingerprint density at radius 2 is 2.04 bits per heavy atom. The topological polar surface area (TPSA) is 69.6 Å². The largest absolute Gasteiger partial charge is 0.383 e. The standard InChI is InChI=1S/C21H21N5/c1-3-4-7-10-26-14(2)18(19-20(22)24-13-25-21(19)26)16-11-15-8-5-6-9-17(15)23-12-16/h3,5-6,8-9,11-13H,1,4,7,10H2,2H3,(H2,22,24,25). The summed E-state index contributed by atoms with van der Waals surface area (Å²) in [4.78, 5) is 13.4. The summed E-state index contributed by atoms with van der Waals surface area (Å²) in [6.45, 7) is 6.79. The highest BCUT2D eigenvalue weighted by Gasteiger charge is 2.19. The Morgan fingerprint density at radius 3 is 2.88 bits per heavy atom. The van der Waals surface area contributed by atoms with Crippen LogP contribution in [-0.4, -0.2) is 19.5 Å². The molecule has 3 aromatic heterocycles. The van der Waals surface area contributed by atoms with Crippen LogP contribution in [0.15, 0.2) is 55.5 Å². The average molecular weight is 343 g/mol. The van der Waals surface area contributed by atoms with E-state index in [1.54, 1.807) is 0 Å². The molecule has 130 valence electrons.